The molecule has 0 saturated heterocycles. The lowest BCUT2D eigenvalue weighted by Gasteiger charge is -2.12. The van der Waals surface area contributed by atoms with Gasteiger partial charge in [-0.3, -0.25) is 4.98 Å². The molecule has 0 aliphatic carbocycles. The van der Waals surface area contributed by atoms with Crippen LogP contribution in [0.2, 0.25) is 0 Å². The van der Waals surface area contributed by atoms with Crippen molar-refractivity contribution >= 4 is 0 Å². The van der Waals surface area contributed by atoms with Gasteiger partial charge in [0.2, 0.25) is 0 Å². The Morgan fingerprint density at radius 3 is 2.87 bits per heavy atom. The smallest absolute Gasteiger partial charge is 0.0541 e. The minimum Gasteiger partial charge on any atom is -0.385 e. The van der Waals surface area contributed by atoms with Crippen molar-refractivity contribution in [3.63, 3.8) is 0 Å². The lowest BCUT2D eigenvalue weighted by Crippen LogP contribution is -2.27. The van der Waals surface area contributed by atoms with Gasteiger partial charge in [-0.2, -0.15) is 0 Å². The Kier molecular flexibility index (Phi) is 5.29. The van der Waals surface area contributed by atoms with E-state index in [1.807, 2.05) is 13.1 Å². The van der Waals surface area contributed by atoms with Crippen LogP contribution in [-0.4, -0.2) is 24.7 Å². The van der Waals surface area contributed by atoms with Crippen LogP contribution in [0.3, 0.4) is 0 Å². The highest BCUT2D eigenvalue weighted by molar-refractivity contribution is 5.11. The third kappa shape index (κ3) is 4.91. The molecule has 84 valence electrons. The van der Waals surface area contributed by atoms with E-state index in [1.165, 1.54) is 5.56 Å². The first-order chi connectivity index (χ1) is 7.22. The Morgan fingerprint density at radius 2 is 2.27 bits per heavy atom. The van der Waals surface area contributed by atoms with Crippen molar-refractivity contribution in [1.82, 2.24) is 10.3 Å². The molecule has 1 atom stereocenters. The fourth-order valence-electron chi connectivity index (χ4n) is 1.28. The van der Waals surface area contributed by atoms with Crippen molar-refractivity contribution in [2.24, 2.45) is 0 Å². The van der Waals surface area contributed by atoms with E-state index in [4.69, 9.17) is 4.74 Å². The van der Waals surface area contributed by atoms with Gasteiger partial charge in [0.05, 0.1) is 5.69 Å². The predicted molar refractivity (Wildman–Crippen MR) is 61.8 cm³/mol. The van der Waals surface area contributed by atoms with Crippen LogP contribution in [0.1, 0.15) is 24.6 Å². The summed E-state index contributed by atoms with van der Waals surface area (Å²) in [5.74, 6) is 0. The molecule has 1 rings (SSSR count). The summed E-state index contributed by atoms with van der Waals surface area (Å²) in [6, 6.07) is 4.61. The molecular weight excluding hydrogens is 188 g/mol. The molecule has 1 aromatic rings. The summed E-state index contributed by atoms with van der Waals surface area (Å²) < 4.78 is 5.02. The molecule has 3 heteroatoms. The zero-order valence-corrected chi connectivity index (χ0v) is 9.79. The first-order valence-electron chi connectivity index (χ1n) is 5.36. The van der Waals surface area contributed by atoms with E-state index >= 15 is 0 Å². The fourth-order valence-corrected chi connectivity index (χ4v) is 1.28. The van der Waals surface area contributed by atoms with Gasteiger partial charge in [-0.1, -0.05) is 6.07 Å². The van der Waals surface area contributed by atoms with Crippen LogP contribution in [0.25, 0.3) is 0 Å². The van der Waals surface area contributed by atoms with Crippen LogP contribution < -0.4 is 5.32 Å². The highest BCUT2D eigenvalue weighted by Gasteiger charge is 2.01. The van der Waals surface area contributed by atoms with Gasteiger partial charge in [0.15, 0.2) is 0 Å². The summed E-state index contributed by atoms with van der Waals surface area (Å²) in [6.07, 6.45) is 2.93. The molecule has 0 bridgehead atoms. The number of nitrogens with zero attached hydrogens (tertiary/aromatic N) is 1. The maximum absolute atomic E-state index is 5.02. The molecule has 1 N–H and O–H groups in total. The molecule has 1 heterocycles. The minimum atomic E-state index is 0.466. The van der Waals surface area contributed by atoms with Crippen molar-refractivity contribution in [1.29, 1.82) is 0 Å². The second-order valence-electron chi connectivity index (χ2n) is 3.89. The highest BCUT2D eigenvalue weighted by Crippen LogP contribution is 1.99. The molecule has 0 spiro atoms. The maximum atomic E-state index is 5.02. The first kappa shape index (κ1) is 12.1. The summed E-state index contributed by atoms with van der Waals surface area (Å²) in [5.41, 5.74) is 2.29. The Morgan fingerprint density at radius 1 is 1.47 bits per heavy atom. The SMILES string of the molecule is COCCC(C)NCc1ccc(C)cn1. The molecule has 0 radical (unpaired) electrons. The number of ether oxygens (including phenoxy) is 1. The molecule has 0 aromatic carbocycles. The number of methoxy groups -OCH3 is 1. The van der Waals surface area contributed by atoms with Gasteiger partial charge in [0, 0.05) is 32.5 Å². The molecular formula is C12H20N2O. The minimum absolute atomic E-state index is 0.466. The van der Waals surface area contributed by atoms with Crippen LogP contribution in [0, 0.1) is 6.92 Å². The van der Waals surface area contributed by atoms with Crippen LogP contribution in [-0.2, 0) is 11.3 Å². The first-order valence-corrected chi connectivity index (χ1v) is 5.36. The highest BCUT2D eigenvalue weighted by atomic mass is 16.5. The fraction of sp³-hybridized carbons (Fsp3) is 0.583. The third-order valence-corrected chi connectivity index (χ3v) is 2.36. The number of hydrogen-bond donors (Lipinski definition) is 1. The summed E-state index contributed by atoms with van der Waals surface area (Å²) in [5, 5.41) is 3.41. The van der Waals surface area contributed by atoms with Crippen molar-refractivity contribution in [2.75, 3.05) is 13.7 Å². The number of aromatic nitrogens is 1. The molecule has 0 aliphatic heterocycles. The van der Waals surface area contributed by atoms with Crippen molar-refractivity contribution in [3.05, 3.63) is 29.6 Å². The van der Waals surface area contributed by atoms with Gasteiger partial charge < -0.3 is 10.1 Å². The van der Waals surface area contributed by atoms with E-state index in [-0.39, 0.29) is 0 Å². The average Bonchev–Trinajstić information content (AvgIpc) is 2.25. The van der Waals surface area contributed by atoms with Crippen LogP contribution in [0.15, 0.2) is 18.3 Å². The quantitative estimate of drug-likeness (QED) is 0.775. The Hall–Kier alpha value is -0.930. The molecule has 0 saturated carbocycles. The number of aryl methyl sites for hydroxylation is 1. The Balaban J connectivity index is 2.27. The Bertz CT molecular complexity index is 271. The number of hydrogen-bond acceptors (Lipinski definition) is 3. The largest absolute Gasteiger partial charge is 0.385 e. The average molecular weight is 208 g/mol. The number of nitrogens with one attached hydrogen (secondary N) is 1. The van der Waals surface area contributed by atoms with Gasteiger partial charge in [0.1, 0.15) is 0 Å². The second kappa shape index (κ2) is 6.53. The standard InChI is InChI=1S/C12H20N2O/c1-10-4-5-12(14-8-10)9-13-11(2)6-7-15-3/h4-5,8,11,13H,6-7,9H2,1-3H3. The summed E-state index contributed by atoms with van der Waals surface area (Å²) in [4.78, 5) is 4.34. The summed E-state index contributed by atoms with van der Waals surface area (Å²) in [7, 11) is 1.73. The van der Waals surface area contributed by atoms with Crippen molar-refractivity contribution in [2.45, 2.75) is 32.9 Å². The topological polar surface area (TPSA) is 34.1 Å². The maximum Gasteiger partial charge on any atom is 0.0541 e. The van der Waals surface area contributed by atoms with E-state index in [0.29, 0.717) is 6.04 Å². The number of rotatable bonds is 6. The zero-order chi connectivity index (χ0) is 11.1. The van der Waals surface area contributed by atoms with Crippen LogP contribution in [0.4, 0.5) is 0 Å². The lowest BCUT2D eigenvalue weighted by atomic mass is 10.2. The number of pyridine rings is 1. The van der Waals surface area contributed by atoms with Gasteiger partial charge >= 0.3 is 0 Å². The van der Waals surface area contributed by atoms with Crippen LogP contribution in [0.5, 0.6) is 0 Å². The van der Waals surface area contributed by atoms with Crippen molar-refractivity contribution < 1.29 is 4.74 Å². The Labute approximate surface area is 91.9 Å². The van der Waals surface area contributed by atoms with E-state index in [2.05, 4.69) is 29.4 Å². The van der Waals surface area contributed by atoms with Gasteiger partial charge in [-0.05, 0) is 31.9 Å². The zero-order valence-electron chi connectivity index (χ0n) is 9.79. The third-order valence-electron chi connectivity index (χ3n) is 2.36. The molecule has 3 nitrogen and oxygen atoms in total. The second-order valence-corrected chi connectivity index (χ2v) is 3.89. The predicted octanol–water partition coefficient (Wildman–Crippen LogP) is 1.90. The monoisotopic (exact) mass is 208 g/mol. The molecule has 15 heavy (non-hydrogen) atoms. The summed E-state index contributed by atoms with van der Waals surface area (Å²) >= 11 is 0. The van der Waals surface area contributed by atoms with Gasteiger partial charge in [0.25, 0.3) is 0 Å². The summed E-state index contributed by atoms with van der Waals surface area (Å²) in [6.45, 7) is 5.83. The van der Waals surface area contributed by atoms with E-state index in [1.54, 1.807) is 7.11 Å². The molecule has 0 amide bonds. The lowest BCUT2D eigenvalue weighted by molar-refractivity contribution is 0.184. The van der Waals surface area contributed by atoms with Crippen LogP contribution >= 0.6 is 0 Å². The van der Waals surface area contributed by atoms with Crippen molar-refractivity contribution in [3.8, 4) is 0 Å². The van der Waals surface area contributed by atoms with Gasteiger partial charge in [-0.15, -0.1) is 0 Å². The van der Waals surface area contributed by atoms with E-state index in [0.717, 1.165) is 25.3 Å². The normalized spacial score (nSPS) is 12.7. The van der Waals surface area contributed by atoms with E-state index in [9.17, 15) is 0 Å². The molecule has 1 aromatic heterocycles. The van der Waals surface area contributed by atoms with E-state index < -0.39 is 0 Å². The van der Waals surface area contributed by atoms with Gasteiger partial charge in [-0.25, -0.2) is 0 Å². The molecule has 1 unspecified atom stereocenters. The molecule has 0 fully saturated rings. The molecule has 0 aliphatic rings.